The van der Waals surface area contributed by atoms with Gasteiger partial charge in [-0.1, -0.05) is 47.5 Å². The Morgan fingerprint density at radius 2 is 1.88 bits per heavy atom. The van der Waals surface area contributed by atoms with Crippen molar-refractivity contribution >= 4 is 34.0 Å². The first-order chi connectivity index (χ1) is 16.0. The van der Waals surface area contributed by atoms with E-state index < -0.39 is 11.8 Å². The van der Waals surface area contributed by atoms with Crippen LogP contribution in [0.4, 0.5) is 0 Å². The second-order valence-electron chi connectivity index (χ2n) is 7.16. The van der Waals surface area contributed by atoms with Crippen LogP contribution in [0.2, 0.25) is 0 Å². The van der Waals surface area contributed by atoms with Crippen LogP contribution in [0.1, 0.15) is 43.4 Å². The van der Waals surface area contributed by atoms with Gasteiger partial charge in [-0.25, -0.2) is 5.43 Å². The Labute approximate surface area is 203 Å². The first-order valence-corrected chi connectivity index (χ1v) is 11.7. The third-order valence-corrected chi connectivity index (χ3v) is 5.05. The topological polar surface area (TPSA) is 89.0 Å². The largest absolute Gasteiger partial charge is 0.490 e. The molecule has 0 unspecified atom stereocenters. The summed E-state index contributed by atoms with van der Waals surface area (Å²) in [7, 11) is 0. The Morgan fingerprint density at radius 1 is 1.12 bits per heavy atom. The van der Waals surface area contributed by atoms with Gasteiger partial charge >= 0.3 is 11.8 Å². The molecule has 8 heteroatoms. The molecule has 2 amide bonds. The molecule has 0 bridgehead atoms. The second-order valence-corrected chi connectivity index (χ2v) is 8.07. The predicted octanol–water partition coefficient (Wildman–Crippen LogP) is 4.52. The number of carbonyl (C=O) groups is 2. The lowest BCUT2D eigenvalue weighted by Crippen LogP contribution is -2.38. The molecule has 0 atom stereocenters. The number of hydrogen-bond acceptors (Lipinski definition) is 5. The number of ether oxygens (including phenoxy) is 2. The van der Waals surface area contributed by atoms with Crippen LogP contribution < -0.4 is 20.2 Å². The highest BCUT2D eigenvalue weighted by atomic mass is 79.9. The molecule has 0 saturated heterocycles. The average Bonchev–Trinajstić information content (AvgIpc) is 2.80. The molecule has 0 heterocycles. The Hall–Kier alpha value is -3.13. The van der Waals surface area contributed by atoms with E-state index in [-0.39, 0.29) is 0 Å². The first kappa shape index (κ1) is 26.1. The summed E-state index contributed by atoms with van der Waals surface area (Å²) in [6.07, 6.45) is 5.54. The minimum atomic E-state index is -0.812. The molecular weight excluding hydrogens is 486 g/mol. The molecule has 0 aliphatic carbocycles. The van der Waals surface area contributed by atoms with Crippen molar-refractivity contribution in [1.82, 2.24) is 10.7 Å². The summed E-state index contributed by atoms with van der Waals surface area (Å²) in [5.41, 5.74) is 4.84. The molecule has 0 aliphatic heterocycles. The van der Waals surface area contributed by atoms with Gasteiger partial charge in [0.1, 0.15) is 6.61 Å². The lowest BCUT2D eigenvalue weighted by atomic mass is 10.1. The van der Waals surface area contributed by atoms with Crippen molar-refractivity contribution < 1.29 is 19.1 Å². The van der Waals surface area contributed by atoms with Crippen molar-refractivity contribution in [3.63, 3.8) is 0 Å². The molecule has 0 fully saturated rings. The Balaban J connectivity index is 2.16. The number of benzene rings is 2. The van der Waals surface area contributed by atoms with Crippen molar-refractivity contribution in [2.45, 2.75) is 39.7 Å². The number of nitrogens with zero attached hydrogens (tertiary/aromatic N) is 1. The summed E-state index contributed by atoms with van der Waals surface area (Å²) in [5.74, 6) is -0.317. The lowest BCUT2D eigenvalue weighted by Gasteiger charge is -2.17. The fourth-order valence-corrected chi connectivity index (χ4v) is 3.17. The minimum absolute atomic E-state index is 0.383. The molecular formula is C25H30BrN3O4. The Morgan fingerprint density at radius 3 is 2.55 bits per heavy atom. The molecule has 0 aromatic heterocycles. The fraction of sp³-hybridized carbons (Fsp3) is 0.320. The van der Waals surface area contributed by atoms with Crippen molar-refractivity contribution in [2.75, 3.05) is 13.2 Å². The Kier molecular flexibility index (Phi) is 11.2. The number of hydrazone groups is 1. The van der Waals surface area contributed by atoms with E-state index in [1.165, 1.54) is 6.21 Å². The Bertz CT molecular complexity index is 974. The van der Waals surface area contributed by atoms with Gasteiger partial charge < -0.3 is 14.8 Å². The smallest absolute Gasteiger partial charge is 0.329 e. The fourth-order valence-electron chi connectivity index (χ4n) is 2.90. The summed E-state index contributed by atoms with van der Waals surface area (Å²) in [6.45, 7) is 9.02. The van der Waals surface area contributed by atoms with Gasteiger partial charge in [0.15, 0.2) is 11.5 Å². The van der Waals surface area contributed by atoms with Crippen molar-refractivity contribution in [3.05, 3.63) is 70.2 Å². The van der Waals surface area contributed by atoms with E-state index in [1.54, 1.807) is 12.1 Å². The van der Waals surface area contributed by atoms with E-state index in [9.17, 15) is 9.59 Å². The summed E-state index contributed by atoms with van der Waals surface area (Å²) >= 11 is 3.43. The van der Waals surface area contributed by atoms with Crippen LogP contribution >= 0.6 is 15.9 Å². The molecule has 2 rings (SSSR count). The lowest BCUT2D eigenvalue weighted by molar-refractivity contribution is -0.139. The molecule has 176 valence electrons. The number of hydrogen-bond donors (Lipinski definition) is 2. The van der Waals surface area contributed by atoms with Crippen LogP contribution in [0.3, 0.4) is 0 Å². The third-order valence-electron chi connectivity index (χ3n) is 4.52. The van der Waals surface area contributed by atoms with Gasteiger partial charge in [0.05, 0.1) is 12.8 Å². The summed E-state index contributed by atoms with van der Waals surface area (Å²) < 4.78 is 12.9. The predicted molar refractivity (Wildman–Crippen MR) is 134 cm³/mol. The van der Waals surface area contributed by atoms with Crippen LogP contribution in [-0.4, -0.2) is 31.2 Å². The molecule has 0 radical (unpaired) electrons. The van der Waals surface area contributed by atoms with Gasteiger partial charge in [0, 0.05) is 16.6 Å². The molecule has 7 nitrogen and oxygen atoms in total. The maximum atomic E-state index is 11.9. The number of carbonyl (C=O) groups excluding carboxylic acids is 2. The van der Waals surface area contributed by atoms with Crippen molar-refractivity contribution in [1.29, 1.82) is 0 Å². The molecule has 0 saturated carbocycles. The maximum absolute atomic E-state index is 11.9. The number of amides is 2. The van der Waals surface area contributed by atoms with Crippen LogP contribution in [0.5, 0.6) is 11.5 Å². The zero-order valence-corrected chi connectivity index (χ0v) is 20.6. The maximum Gasteiger partial charge on any atom is 0.329 e. The number of halogens is 1. The summed E-state index contributed by atoms with van der Waals surface area (Å²) in [6, 6.07) is 11.6. The second kappa shape index (κ2) is 14.1. The van der Waals surface area contributed by atoms with E-state index in [0.29, 0.717) is 43.2 Å². The average molecular weight is 516 g/mol. The first-order valence-electron chi connectivity index (χ1n) is 10.9. The molecule has 0 spiro atoms. The highest BCUT2D eigenvalue weighted by Crippen LogP contribution is 2.34. The molecule has 33 heavy (non-hydrogen) atoms. The van der Waals surface area contributed by atoms with Gasteiger partial charge in [-0.3, -0.25) is 9.59 Å². The standard InChI is InChI=1S/C25H30BrN3O4/c1-4-7-13-27-24(30)25(31)29-28-16-19-14-20(8-5-2)23(22(15-19)32-6-3)33-17-18-9-11-21(26)12-10-18/h5,9-12,14-16H,2,4,6-8,13,17H2,1,3H3,(H,27,30)(H,29,31). The van der Waals surface area contributed by atoms with Crippen molar-refractivity contribution in [2.24, 2.45) is 5.10 Å². The number of allylic oxidation sites excluding steroid dienone is 1. The van der Waals surface area contributed by atoms with Gasteiger partial charge in [-0.2, -0.15) is 5.10 Å². The van der Waals surface area contributed by atoms with Crippen LogP contribution in [0, 0.1) is 0 Å². The summed E-state index contributed by atoms with van der Waals surface area (Å²) in [4.78, 5) is 23.6. The number of nitrogens with one attached hydrogen (secondary N) is 2. The van der Waals surface area contributed by atoms with Crippen LogP contribution in [0.25, 0.3) is 0 Å². The molecule has 0 aliphatic rings. The van der Waals surface area contributed by atoms with E-state index in [0.717, 1.165) is 28.4 Å². The zero-order chi connectivity index (χ0) is 24.1. The van der Waals surface area contributed by atoms with Gasteiger partial charge in [0.25, 0.3) is 0 Å². The number of rotatable bonds is 12. The van der Waals surface area contributed by atoms with Gasteiger partial charge in [0.2, 0.25) is 0 Å². The van der Waals surface area contributed by atoms with Crippen LogP contribution in [-0.2, 0) is 22.6 Å². The SMILES string of the molecule is C=CCc1cc(C=NNC(=O)C(=O)NCCCC)cc(OCC)c1OCc1ccc(Br)cc1. The zero-order valence-electron chi connectivity index (χ0n) is 19.0. The van der Waals surface area contributed by atoms with E-state index in [2.05, 4.69) is 38.4 Å². The molecule has 2 aromatic rings. The normalized spacial score (nSPS) is 10.6. The van der Waals surface area contributed by atoms with E-state index >= 15 is 0 Å². The van der Waals surface area contributed by atoms with E-state index in [4.69, 9.17) is 9.47 Å². The van der Waals surface area contributed by atoms with Crippen LogP contribution in [0.15, 0.2) is 58.6 Å². The number of unbranched alkanes of at least 4 members (excludes halogenated alkanes) is 1. The summed E-state index contributed by atoms with van der Waals surface area (Å²) in [5, 5.41) is 6.46. The minimum Gasteiger partial charge on any atom is -0.490 e. The van der Waals surface area contributed by atoms with Gasteiger partial charge in [-0.15, -0.1) is 6.58 Å². The monoisotopic (exact) mass is 515 g/mol. The third kappa shape index (κ3) is 8.73. The van der Waals surface area contributed by atoms with Gasteiger partial charge in [-0.05, 0) is 55.2 Å². The highest BCUT2D eigenvalue weighted by molar-refractivity contribution is 9.10. The molecule has 2 aromatic carbocycles. The molecule has 2 N–H and O–H groups in total. The highest BCUT2D eigenvalue weighted by Gasteiger charge is 2.14. The van der Waals surface area contributed by atoms with E-state index in [1.807, 2.05) is 44.2 Å². The van der Waals surface area contributed by atoms with Crippen molar-refractivity contribution in [3.8, 4) is 11.5 Å². The quantitative estimate of drug-likeness (QED) is 0.143.